The van der Waals surface area contributed by atoms with Gasteiger partial charge in [0.2, 0.25) is 0 Å². The second-order valence-electron chi connectivity index (χ2n) is 10.1. The molecule has 0 radical (unpaired) electrons. The predicted octanol–water partition coefficient (Wildman–Crippen LogP) is 5.01. The number of halogens is 1. The quantitative estimate of drug-likeness (QED) is 0.116. The number of aliphatic hydroxyl groups is 1. The number of nitrogens with zero attached hydrogens (tertiary/aromatic N) is 1. The maximum atomic E-state index is 13.6. The van der Waals surface area contributed by atoms with Crippen LogP contribution in [-0.2, 0) is 11.3 Å². The van der Waals surface area contributed by atoms with Crippen molar-refractivity contribution in [3.8, 4) is 11.8 Å². The normalized spacial score (nSPS) is 17.8. The molecule has 0 amide bonds. The Labute approximate surface area is 251 Å². The number of allylic oxidation sites excluding steroid dienone is 2. The van der Waals surface area contributed by atoms with Crippen molar-refractivity contribution in [2.75, 3.05) is 26.5 Å². The van der Waals surface area contributed by atoms with E-state index >= 15 is 0 Å². The van der Waals surface area contributed by atoms with Crippen LogP contribution in [0, 0.1) is 23.6 Å². The summed E-state index contributed by atoms with van der Waals surface area (Å²) in [6.45, 7) is 0.817. The minimum Gasteiger partial charge on any atom is -0.398 e. The van der Waals surface area contributed by atoms with Gasteiger partial charge in [-0.25, -0.2) is 4.39 Å². The average Bonchev–Trinajstić information content (AvgIpc) is 2.99. The van der Waals surface area contributed by atoms with Crippen molar-refractivity contribution >= 4 is 29.4 Å². The Kier molecular flexibility index (Phi) is 10.8. The van der Waals surface area contributed by atoms with Gasteiger partial charge in [0.1, 0.15) is 5.82 Å². The van der Waals surface area contributed by atoms with Crippen molar-refractivity contribution in [2.24, 2.45) is 11.7 Å². The van der Waals surface area contributed by atoms with Gasteiger partial charge in [0.25, 0.3) is 0 Å². The summed E-state index contributed by atoms with van der Waals surface area (Å²) in [6, 6.07) is 23.9. The van der Waals surface area contributed by atoms with Crippen LogP contribution in [0.5, 0.6) is 0 Å². The maximum absolute atomic E-state index is 13.6. The molecule has 0 heterocycles. The molecule has 0 saturated heterocycles. The number of hydrogen-bond donors (Lipinski definition) is 4. The summed E-state index contributed by atoms with van der Waals surface area (Å²) in [4.78, 5) is 15.8. The van der Waals surface area contributed by atoms with Crippen LogP contribution in [0.15, 0.2) is 113 Å². The lowest BCUT2D eigenvalue weighted by atomic mass is 9.88. The Morgan fingerprint density at radius 1 is 1.07 bits per heavy atom. The van der Waals surface area contributed by atoms with Crippen LogP contribution in [0.1, 0.15) is 11.1 Å². The predicted molar refractivity (Wildman–Crippen MR) is 170 cm³/mol. The molecule has 0 aliphatic heterocycles. The molecule has 1 aliphatic carbocycles. The fourth-order valence-corrected chi connectivity index (χ4v) is 5.60. The van der Waals surface area contributed by atoms with E-state index in [1.807, 2.05) is 68.7 Å². The number of hydrogen-bond acceptors (Lipinski definition) is 7. The minimum atomic E-state index is -0.995. The molecule has 1 aliphatic rings. The van der Waals surface area contributed by atoms with E-state index in [4.69, 9.17) is 5.73 Å². The van der Waals surface area contributed by atoms with Gasteiger partial charge in [-0.05, 0) is 74.7 Å². The highest BCUT2D eigenvalue weighted by Gasteiger charge is 2.27. The third kappa shape index (κ3) is 8.21. The van der Waals surface area contributed by atoms with E-state index < -0.39 is 6.23 Å². The molecule has 3 aromatic rings. The summed E-state index contributed by atoms with van der Waals surface area (Å²) < 4.78 is 13.6. The molecule has 5 N–H and O–H groups in total. The summed E-state index contributed by atoms with van der Waals surface area (Å²) in [7, 11) is 5.66. The number of rotatable bonds is 10. The lowest BCUT2D eigenvalue weighted by Crippen LogP contribution is -2.25. The molecule has 3 atom stereocenters. The van der Waals surface area contributed by atoms with E-state index in [0.29, 0.717) is 22.5 Å². The third-order valence-corrected chi connectivity index (χ3v) is 7.81. The number of thioether (sulfide) groups is 1. The van der Waals surface area contributed by atoms with Crippen molar-refractivity contribution in [1.82, 2.24) is 10.2 Å². The first-order valence-corrected chi connectivity index (χ1v) is 14.4. The zero-order valence-corrected chi connectivity index (χ0v) is 24.7. The van der Waals surface area contributed by atoms with Crippen molar-refractivity contribution in [3.63, 3.8) is 0 Å². The van der Waals surface area contributed by atoms with Gasteiger partial charge in [0, 0.05) is 39.2 Å². The molecule has 0 bridgehead atoms. The van der Waals surface area contributed by atoms with Crippen LogP contribution < -0.4 is 16.4 Å². The average molecular weight is 583 g/mol. The highest BCUT2D eigenvalue weighted by molar-refractivity contribution is 8.00. The SMILES string of the molecule is CNC(O)C#CC1C=C(N)C(C(C=O)=C(Nc2ccc(CN(C)C)cc2)c2ccccc2)=CC1Sc1ccc(F)cc1. The molecule has 0 saturated carbocycles. The van der Waals surface area contributed by atoms with E-state index in [1.165, 1.54) is 29.5 Å². The lowest BCUT2D eigenvalue weighted by Gasteiger charge is -2.26. The summed E-state index contributed by atoms with van der Waals surface area (Å²) in [5.41, 5.74) is 11.4. The standard InChI is InChI=1S/C34H35FN4O2S/c1-37-33(41)18-11-25-19-31(36)29(20-32(25)42-28-16-12-26(35)13-17-28)30(22-40)34(24-7-5-4-6-8-24)38-27-14-9-23(10-15-27)21-39(2)3/h4-10,12-17,19-20,22,25,32-33,37-38,41H,21,36H2,1-3H3. The summed E-state index contributed by atoms with van der Waals surface area (Å²) >= 11 is 1.48. The molecule has 42 heavy (non-hydrogen) atoms. The molecule has 8 heteroatoms. The van der Waals surface area contributed by atoms with E-state index in [9.17, 15) is 14.3 Å². The summed E-state index contributed by atoms with van der Waals surface area (Å²) in [5, 5.41) is 15.9. The van der Waals surface area contributed by atoms with E-state index in [-0.39, 0.29) is 17.0 Å². The fraction of sp³-hybridized carbons (Fsp3) is 0.206. The monoisotopic (exact) mass is 582 g/mol. The van der Waals surface area contributed by atoms with Crippen molar-refractivity contribution < 1.29 is 14.3 Å². The number of carbonyl (C=O) groups is 1. The summed E-state index contributed by atoms with van der Waals surface area (Å²) in [6.07, 6.45) is 3.57. The Morgan fingerprint density at radius 2 is 1.76 bits per heavy atom. The van der Waals surface area contributed by atoms with Crippen LogP contribution in [0.3, 0.4) is 0 Å². The smallest absolute Gasteiger partial charge is 0.168 e. The van der Waals surface area contributed by atoms with Gasteiger partial charge in [-0.2, -0.15) is 0 Å². The van der Waals surface area contributed by atoms with Gasteiger partial charge in [-0.15, -0.1) is 11.8 Å². The maximum Gasteiger partial charge on any atom is 0.168 e. The Bertz CT molecular complexity index is 1520. The number of aldehydes is 1. The molecule has 4 rings (SSSR count). The third-order valence-electron chi connectivity index (χ3n) is 6.56. The van der Waals surface area contributed by atoms with Gasteiger partial charge < -0.3 is 21.1 Å². The zero-order valence-electron chi connectivity index (χ0n) is 23.8. The van der Waals surface area contributed by atoms with Gasteiger partial charge >= 0.3 is 0 Å². The molecular formula is C34H35FN4O2S. The van der Waals surface area contributed by atoms with Gasteiger partial charge in [0.05, 0.1) is 11.6 Å². The number of nitrogens with one attached hydrogen (secondary N) is 2. The number of aliphatic hydroxyl groups excluding tert-OH is 1. The lowest BCUT2D eigenvalue weighted by molar-refractivity contribution is -0.104. The Balaban J connectivity index is 1.79. The topological polar surface area (TPSA) is 90.6 Å². The van der Waals surface area contributed by atoms with Gasteiger partial charge in [-0.1, -0.05) is 60.4 Å². The molecule has 3 unspecified atom stereocenters. The molecule has 3 aromatic carbocycles. The highest BCUT2D eigenvalue weighted by atomic mass is 32.2. The number of carbonyl (C=O) groups excluding carboxylic acids is 1. The first kappa shape index (κ1) is 30.8. The highest BCUT2D eigenvalue weighted by Crippen LogP contribution is 2.38. The van der Waals surface area contributed by atoms with Crippen LogP contribution >= 0.6 is 11.8 Å². The second kappa shape index (κ2) is 14.7. The molecule has 6 nitrogen and oxygen atoms in total. The minimum absolute atomic E-state index is 0.272. The number of anilines is 1. The van der Waals surface area contributed by atoms with Crippen molar-refractivity contribution in [1.29, 1.82) is 0 Å². The first-order valence-electron chi connectivity index (χ1n) is 13.5. The largest absolute Gasteiger partial charge is 0.398 e. The molecule has 0 spiro atoms. The van der Waals surface area contributed by atoms with Crippen LogP contribution in [-0.4, -0.2) is 48.9 Å². The van der Waals surface area contributed by atoms with E-state index in [1.54, 1.807) is 19.2 Å². The second-order valence-corrected chi connectivity index (χ2v) is 11.3. The molecule has 0 aromatic heterocycles. The van der Waals surface area contributed by atoms with Crippen molar-refractivity contribution in [2.45, 2.75) is 22.9 Å². The zero-order chi connectivity index (χ0) is 30.1. The number of nitrogens with two attached hydrogens (primary N) is 1. The Hall–Kier alpha value is -4.13. The van der Waals surface area contributed by atoms with Gasteiger partial charge in [-0.3, -0.25) is 10.1 Å². The fourth-order valence-electron chi connectivity index (χ4n) is 4.50. The number of benzene rings is 3. The van der Waals surface area contributed by atoms with Crippen LogP contribution in [0.25, 0.3) is 5.70 Å². The molecule has 0 fully saturated rings. The van der Waals surface area contributed by atoms with Gasteiger partial charge in [0.15, 0.2) is 12.5 Å². The Morgan fingerprint density at radius 3 is 2.38 bits per heavy atom. The van der Waals surface area contributed by atoms with Crippen LogP contribution in [0.2, 0.25) is 0 Å². The summed E-state index contributed by atoms with van der Waals surface area (Å²) in [5.74, 6) is 5.21. The van der Waals surface area contributed by atoms with Crippen LogP contribution in [0.4, 0.5) is 10.1 Å². The molecular weight excluding hydrogens is 547 g/mol. The first-order chi connectivity index (χ1) is 20.3. The van der Waals surface area contributed by atoms with E-state index in [0.717, 1.165) is 29.0 Å². The molecule has 216 valence electrons. The van der Waals surface area contributed by atoms with E-state index in [2.05, 4.69) is 39.5 Å². The van der Waals surface area contributed by atoms with Crippen molar-refractivity contribution in [3.05, 3.63) is 125 Å².